The van der Waals surface area contributed by atoms with Crippen LogP contribution in [0, 0.1) is 0 Å². The van der Waals surface area contributed by atoms with Gasteiger partial charge in [-0.05, 0) is 0 Å². The van der Waals surface area contributed by atoms with Gasteiger partial charge in [0.2, 0.25) is 5.91 Å². The molecule has 1 rings (SSSR count). The largest absolute Gasteiger partial charge is 0.476 e. The van der Waals surface area contributed by atoms with Gasteiger partial charge >= 0.3 is 5.97 Å². The van der Waals surface area contributed by atoms with E-state index in [0.717, 1.165) is 0 Å². The molecule has 17 heavy (non-hydrogen) atoms. The molecule has 1 amide bonds. The molecule has 1 aromatic rings. The van der Waals surface area contributed by atoms with Crippen LogP contribution in [0.25, 0.3) is 0 Å². The molecule has 8 heteroatoms. The van der Waals surface area contributed by atoms with E-state index in [0.29, 0.717) is 26.1 Å². The molecule has 0 fully saturated rings. The lowest BCUT2D eigenvalue weighted by atomic mass is 10.4. The van der Waals surface area contributed by atoms with E-state index in [2.05, 4.69) is 15.6 Å². The van der Waals surface area contributed by atoms with Crippen molar-refractivity contribution in [3.8, 4) is 0 Å². The fourth-order valence-electron chi connectivity index (χ4n) is 1.10. The number of hydrogen-bond acceptors (Lipinski definition) is 5. The molecule has 1 heterocycles. The molecule has 0 aliphatic heterocycles. The van der Waals surface area contributed by atoms with Crippen molar-refractivity contribution >= 4 is 11.9 Å². The first-order chi connectivity index (χ1) is 8.13. The molecular formula is C9H14N4O4. The number of rotatable bonds is 7. The molecule has 0 radical (unpaired) electrons. The third-order valence-electron chi connectivity index (χ3n) is 1.95. The molecule has 0 saturated carbocycles. The Kier molecular flexibility index (Phi) is 5.08. The molecule has 0 spiro atoms. The molecule has 0 aliphatic rings. The van der Waals surface area contributed by atoms with Crippen LogP contribution >= 0.6 is 0 Å². The molecule has 0 atom stereocenters. The molecule has 94 valence electrons. The van der Waals surface area contributed by atoms with Crippen LogP contribution in [0.1, 0.15) is 16.9 Å². The SMILES string of the molecule is COCCC(=O)NCCn1cc(C(=O)O)nn1. The average molecular weight is 242 g/mol. The first-order valence-electron chi connectivity index (χ1n) is 5.02. The summed E-state index contributed by atoms with van der Waals surface area (Å²) in [5.41, 5.74) is -0.115. The van der Waals surface area contributed by atoms with E-state index < -0.39 is 5.97 Å². The van der Waals surface area contributed by atoms with Crippen LogP contribution in [0.3, 0.4) is 0 Å². The first-order valence-corrected chi connectivity index (χ1v) is 5.02. The van der Waals surface area contributed by atoms with E-state index in [-0.39, 0.29) is 11.6 Å². The van der Waals surface area contributed by atoms with Crippen molar-refractivity contribution in [2.45, 2.75) is 13.0 Å². The van der Waals surface area contributed by atoms with E-state index >= 15 is 0 Å². The molecule has 0 bridgehead atoms. The fourth-order valence-corrected chi connectivity index (χ4v) is 1.10. The maximum absolute atomic E-state index is 11.2. The summed E-state index contributed by atoms with van der Waals surface area (Å²) in [7, 11) is 1.52. The highest BCUT2D eigenvalue weighted by molar-refractivity contribution is 5.84. The maximum Gasteiger partial charge on any atom is 0.358 e. The van der Waals surface area contributed by atoms with Gasteiger partial charge in [0, 0.05) is 20.1 Å². The molecule has 1 aromatic heterocycles. The van der Waals surface area contributed by atoms with Crippen molar-refractivity contribution in [3.05, 3.63) is 11.9 Å². The van der Waals surface area contributed by atoms with Crippen LogP contribution in [-0.2, 0) is 16.1 Å². The Bertz CT molecular complexity index is 390. The summed E-state index contributed by atoms with van der Waals surface area (Å²) in [6.45, 7) is 1.11. The summed E-state index contributed by atoms with van der Waals surface area (Å²) in [6.07, 6.45) is 1.61. The Labute approximate surface area is 97.6 Å². The topological polar surface area (TPSA) is 106 Å². The Balaban J connectivity index is 2.26. The summed E-state index contributed by atoms with van der Waals surface area (Å²) in [5, 5.41) is 18.3. The van der Waals surface area contributed by atoms with Gasteiger partial charge in [0.05, 0.1) is 19.3 Å². The monoisotopic (exact) mass is 242 g/mol. The van der Waals surface area contributed by atoms with Crippen molar-refractivity contribution in [2.75, 3.05) is 20.3 Å². The van der Waals surface area contributed by atoms with Crippen molar-refractivity contribution in [1.29, 1.82) is 0 Å². The summed E-state index contributed by atoms with van der Waals surface area (Å²) >= 11 is 0. The van der Waals surface area contributed by atoms with Crippen molar-refractivity contribution in [1.82, 2.24) is 20.3 Å². The highest BCUT2D eigenvalue weighted by atomic mass is 16.5. The zero-order valence-electron chi connectivity index (χ0n) is 9.42. The quantitative estimate of drug-likeness (QED) is 0.643. The van der Waals surface area contributed by atoms with Gasteiger partial charge in [0.1, 0.15) is 0 Å². The Morgan fingerprint density at radius 1 is 1.59 bits per heavy atom. The number of carbonyl (C=O) groups excluding carboxylic acids is 1. The Morgan fingerprint density at radius 2 is 2.35 bits per heavy atom. The van der Waals surface area contributed by atoms with Crippen molar-refractivity contribution < 1.29 is 19.4 Å². The lowest BCUT2D eigenvalue weighted by molar-refractivity contribution is -0.121. The number of hydrogen-bond donors (Lipinski definition) is 2. The van der Waals surface area contributed by atoms with E-state index in [1.807, 2.05) is 0 Å². The molecule has 0 aliphatic carbocycles. The number of aromatic carboxylic acids is 1. The predicted octanol–water partition coefficient (Wildman–Crippen LogP) is -0.871. The Morgan fingerprint density at radius 3 is 2.94 bits per heavy atom. The second kappa shape index (κ2) is 6.59. The summed E-state index contributed by atoms with van der Waals surface area (Å²) in [4.78, 5) is 21.7. The normalized spacial score (nSPS) is 10.2. The summed E-state index contributed by atoms with van der Waals surface area (Å²) < 4.78 is 6.11. The van der Waals surface area contributed by atoms with Crippen molar-refractivity contribution in [2.24, 2.45) is 0 Å². The standard InChI is InChI=1S/C9H14N4O4/c1-17-5-2-8(14)10-3-4-13-6-7(9(15)16)11-12-13/h6H,2-5H2,1H3,(H,10,14)(H,15,16). The predicted molar refractivity (Wildman–Crippen MR) is 56.5 cm³/mol. The van der Waals surface area contributed by atoms with Gasteiger partial charge in [0.25, 0.3) is 0 Å². The highest BCUT2D eigenvalue weighted by Crippen LogP contribution is 1.91. The average Bonchev–Trinajstić information content (AvgIpc) is 2.75. The summed E-state index contributed by atoms with van der Waals surface area (Å²) in [6, 6.07) is 0. The van der Waals surface area contributed by atoms with Gasteiger partial charge in [-0.2, -0.15) is 0 Å². The first kappa shape index (κ1) is 13.1. The van der Waals surface area contributed by atoms with E-state index in [9.17, 15) is 9.59 Å². The molecule has 0 saturated heterocycles. The van der Waals surface area contributed by atoms with Crippen LogP contribution in [0.5, 0.6) is 0 Å². The molecular weight excluding hydrogens is 228 g/mol. The molecule has 2 N–H and O–H groups in total. The number of ether oxygens (including phenoxy) is 1. The number of carboxylic acids is 1. The van der Waals surface area contributed by atoms with Gasteiger partial charge in [-0.15, -0.1) is 5.10 Å². The number of carbonyl (C=O) groups is 2. The van der Waals surface area contributed by atoms with E-state index in [1.54, 1.807) is 0 Å². The van der Waals surface area contributed by atoms with Crippen LogP contribution in [0.2, 0.25) is 0 Å². The smallest absolute Gasteiger partial charge is 0.358 e. The number of nitrogens with zero attached hydrogens (tertiary/aromatic N) is 3. The molecule has 8 nitrogen and oxygen atoms in total. The van der Waals surface area contributed by atoms with Gasteiger partial charge in [-0.1, -0.05) is 5.21 Å². The van der Waals surface area contributed by atoms with Gasteiger partial charge in [-0.25, -0.2) is 9.48 Å². The highest BCUT2D eigenvalue weighted by Gasteiger charge is 2.07. The fraction of sp³-hybridized carbons (Fsp3) is 0.556. The van der Waals surface area contributed by atoms with Crippen LogP contribution < -0.4 is 5.32 Å². The molecule has 0 unspecified atom stereocenters. The minimum absolute atomic E-state index is 0.115. The number of amides is 1. The van der Waals surface area contributed by atoms with Gasteiger partial charge in [0.15, 0.2) is 5.69 Å². The van der Waals surface area contributed by atoms with Gasteiger partial charge in [-0.3, -0.25) is 4.79 Å². The van der Waals surface area contributed by atoms with E-state index in [4.69, 9.17) is 9.84 Å². The third kappa shape index (κ3) is 4.60. The number of carboxylic acid groups (broad SMARTS) is 1. The lowest BCUT2D eigenvalue weighted by Crippen LogP contribution is -2.28. The Hall–Kier alpha value is -1.96. The second-order valence-corrected chi connectivity index (χ2v) is 3.26. The number of aromatic nitrogens is 3. The lowest BCUT2D eigenvalue weighted by Gasteiger charge is -2.04. The van der Waals surface area contributed by atoms with Crippen molar-refractivity contribution in [3.63, 3.8) is 0 Å². The van der Waals surface area contributed by atoms with Gasteiger partial charge < -0.3 is 15.2 Å². The number of nitrogens with one attached hydrogen (secondary N) is 1. The van der Waals surface area contributed by atoms with Crippen LogP contribution in [0.4, 0.5) is 0 Å². The zero-order valence-corrected chi connectivity index (χ0v) is 9.42. The maximum atomic E-state index is 11.2. The summed E-state index contributed by atoms with van der Waals surface area (Å²) in [5.74, 6) is -1.24. The zero-order chi connectivity index (χ0) is 12.7. The second-order valence-electron chi connectivity index (χ2n) is 3.26. The third-order valence-corrected chi connectivity index (χ3v) is 1.95. The van der Waals surface area contributed by atoms with Crippen LogP contribution in [0.15, 0.2) is 6.20 Å². The minimum Gasteiger partial charge on any atom is -0.476 e. The molecule has 0 aromatic carbocycles. The van der Waals surface area contributed by atoms with E-state index in [1.165, 1.54) is 18.0 Å². The minimum atomic E-state index is -1.12. The number of methoxy groups -OCH3 is 1. The van der Waals surface area contributed by atoms with Crippen LogP contribution in [-0.4, -0.2) is 52.2 Å².